The first-order valence-electron chi connectivity index (χ1n) is 5.76. The molecule has 21 heavy (non-hydrogen) atoms. The zero-order chi connectivity index (χ0) is 15.6. The number of hydrogen-bond donors (Lipinski definition) is 1. The third kappa shape index (κ3) is 3.68. The SMILES string of the molecule is Cc1cc(C(=O)Nc2ccc([N+](=O)[O-])c(Cl)c2)cc(Cl)n1. The average Bonchev–Trinajstić information content (AvgIpc) is 2.37. The number of anilines is 1. The molecule has 1 amide bonds. The van der Waals surface area contributed by atoms with Gasteiger partial charge in [0.2, 0.25) is 0 Å². The first kappa shape index (κ1) is 15.2. The molecular formula is C13H9Cl2N3O3. The van der Waals surface area contributed by atoms with Crippen molar-refractivity contribution in [3.05, 3.63) is 61.9 Å². The van der Waals surface area contributed by atoms with Crippen molar-refractivity contribution in [3.63, 3.8) is 0 Å². The number of nitrogens with zero attached hydrogens (tertiary/aromatic N) is 2. The van der Waals surface area contributed by atoms with Gasteiger partial charge in [0.15, 0.2) is 0 Å². The quantitative estimate of drug-likeness (QED) is 0.527. The second kappa shape index (κ2) is 6.07. The molecule has 0 radical (unpaired) electrons. The van der Waals surface area contributed by atoms with Gasteiger partial charge in [-0.1, -0.05) is 23.2 Å². The van der Waals surface area contributed by atoms with Gasteiger partial charge in [-0.2, -0.15) is 0 Å². The molecule has 0 aliphatic carbocycles. The number of halogens is 2. The van der Waals surface area contributed by atoms with Crippen molar-refractivity contribution < 1.29 is 9.72 Å². The Morgan fingerprint density at radius 2 is 2.00 bits per heavy atom. The third-order valence-electron chi connectivity index (χ3n) is 2.59. The van der Waals surface area contributed by atoms with Crippen molar-refractivity contribution in [1.29, 1.82) is 0 Å². The number of nitro benzene ring substituents is 1. The predicted octanol–water partition coefficient (Wildman–Crippen LogP) is 3.86. The van der Waals surface area contributed by atoms with Crippen LogP contribution >= 0.6 is 23.2 Å². The van der Waals surface area contributed by atoms with E-state index < -0.39 is 10.8 Å². The first-order chi connectivity index (χ1) is 9.86. The van der Waals surface area contributed by atoms with Gasteiger partial charge in [-0.05, 0) is 31.2 Å². The van der Waals surface area contributed by atoms with Crippen molar-refractivity contribution in [2.45, 2.75) is 6.92 Å². The topological polar surface area (TPSA) is 85.1 Å². The largest absolute Gasteiger partial charge is 0.322 e. The standard InChI is InChI=1S/C13H9Cl2N3O3/c1-7-4-8(5-12(15)16-7)13(19)17-9-2-3-11(18(20)21)10(14)6-9/h2-6H,1H3,(H,17,19). The first-order valence-corrected chi connectivity index (χ1v) is 6.52. The molecule has 0 bridgehead atoms. The number of carbonyl (C=O) groups excluding carboxylic acids is 1. The number of hydrogen-bond acceptors (Lipinski definition) is 4. The van der Waals surface area contributed by atoms with Gasteiger partial charge in [-0.3, -0.25) is 14.9 Å². The molecule has 0 saturated carbocycles. The lowest BCUT2D eigenvalue weighted by molar-refractivity contribution is -0.384. The molecule has 0 spiro atoms. The summed E-state index contributed by atoms with van der Waals surface area (Å²) in [5.74, 6) is -0.410. The molecule has 1 aromatic heterocycles. The molecule has 0 unspecified atom stereocenters. The maximum absolute atomic E-state index is 12.1. The van der Waals surface area contributed by atoms with Crippen LogP contribution in [-0.4, -0.2) is 15.8 Å². The molecule has 2 aromatic rings. The fraction of sp³-hybridized carbons (Fsp3) is 0.0769. The van der Waals surface area contributed by atoms with Crippen LogP contribution in [0.2, 0.25) is 10.2 Å². The Morgan fingerprint density at radius 1 is 1.29 bits per heavy atom. The van der Waals surface area contributed by atoms with Crippen molar-refractivity contribution >= 4 is 40.5 Å². The summed E-state index contributed by atoms with van der Waals surface area (Å²) in [7, 11) is 0. The number of nitro groups is 1. The minimum absolute atomic E-state index is 0.0539. The van der Waals surface area contributed by atoms with Crippen LogP contribution in [-0.2, 0) is 0 Å². The Hall–Kier alpha value is -2.18. The van der Waals surface area contributed by atoms with Gasteiger partial charge in [0.25, 0.3) is 11.6 Å². The fourth-order valence-corrected chi connectivity index (χ4v) is 2.20. The molecule has 6 nitrogen and oxygen atoms in total. The van der Waals surface area contributed by atoms with Gasteiger partial charge in [0, 0.05) is 23.0 Å². The Morgan fingerprint density at radius 3 is 2.57 bits per heavy atom. The van der Waals surface area contributed by atoms with Crippen molar-refractivity contribution in [2.75, 3.05) is 5.32 Å². The van der Waals surface area contributed by atoms with E-state index in [0.29, 0.717) is 16.9 Å². The van der Waals surface area contributed by atoms with Crippen molar-refractivity contribution in [3.8, 4) is 0 Å². The monoisotopic (exact) mass is 325 g/mol. The van der Waals surface area contributed by atoms with Crippen LogP contribution in [0.1, 0.15) is 16.1 Å². The summed E-state index contributed by atoms with van der Waals surface area (Å²) in [6, 6.07) is 6.94. The highest BCUT2D eigenvalue weighted by atomic mass is 35.5. The molecule has 1 N–H and O–H groups in total. The van der Waals surface area contributed by atoms with E-state index in [4.69, 9.17) is 23.2 Å². The lowest BCUT2D eigenvalue weighted by Gasteiger charge is -2.07. The second-order valence-corrected chi connectivity index (χ2v) is 4.99. The Kier molecular flexibility index (Phi) is 4.40. The van der Waals surface area contributed by atoms with Gasteiger partial charge in [-0.15, -0.1) is 0 Å². The maximum Gasteiger partial charge on any atom is 0.288 e. The lowest BCUT2D eigenvalue weighted by Crippen LogP contribution is -2.12. The fourth-order valence-electron chi connectivity index (χ4n) is 1.70. The molecule has 108 valence electrons. The molecule has 0 atom stereocenters. The normalized spacial score (nSPS) is 10.2. The Labute approximate surface area is 129 Å². The van der Waals surface area contributed by atoms with E-state index in [-0.39, 0.29) is 15.9 Å². The van der Waals surface area contributed by atoms with Crippen LogP contribution in [0.5, 0.6) is 0 Å². The minimum atomic E-state index is -0.597. The van der Waals surface area contributed by atoms with Gasteiger partial charge in [0.1, 0.15) is 10.2 Å². The van der Waals surface area contributed by atoms with Crippen LogP contribution < -0.4 is 5.32 Å². The van der Waals surface area contributed by atoms with E-state index in [1.54, 1.807) is 13.0 Å². The molecule has 1 aromatic carbocycles. The summed E-state index contributed by atoms with van der Waals surface area (Å²) in [5, 5.41) is 13.4. The van der Waals surface area contributed by atoms with Crippen LogP contribution in [0.25, 0.3) is 0 Å². The number of pyridine rings is 1. The zero-order valence-corrected chi connectivity index (χ0v) is 12.3. The number of nitrogens with one attached hydrogen (secondary N) is 1. The van der Waals surface area contributed by atoms with Crippen LogP contribution in [0.3, 0.4) is 0 Å². The van der Waals surface area contributed by atoms with Gasteiger partial charge in [0.05, 0.1) is 4.92 Å². The van der Waals surface area contributed by atoms with Crippen LogP contribution in [0.15, 0.2) is 30.3 Å². The van der Waals surface area contributed by atoms with E-state index in [0.717, 1.165) is 0 Å². The molecule has 0 saturated heterocycles. The number of benzene rings is 1. The second-order valence-electron chi connectivity index (χ2n) is 4.20. The summed E-state index contributed by atoms with van der Waals surface area (Å²) in [5.41, 5.74) is 1.06. The Bertz CT molecular complexity index is 714. The van der Waals surface area contributed by atoms with Gasteiger partial charge >= 0.3 is 0 Å². The van der Waals surface area contributed by atoms with E-state index in [1.165, 1.54) is 24.3 Å². The summed E-state index contributed by atoms with van der Waals surface area (Å²) in [6.45, 7) is 1.71. The van der Waals surface area contributed by atoms with Crippen molar-refractivity contribution in [2.24, 2.45) is 0 Å². The Balaban J connectivity index is 2.23. The van der Waals surface area contributed by atoms with E-state index in [9.17, 15) is 14.9 Å². The van der Waals surface area contributed by atoms with E-state index in [1.807, 2.05) is 0 Å². The lowest BCUT2D eigenvalue weighted by atomic mass is 10.2. The third-order valence-corrected chi connectivity index (χ3v) is 3.08. The highest BCUT2D eigenvalue weighted by Gasteiger charge is 2.14. The number of aryl methyl sites for hydroxylation is 1. The smallest absolute Gasteiger partial charge is 0.288 e. The molecule has 1 heterocycles. The summed E-state index contributed by atoms with van der Waals surface area (Å²) >= 11 is 11.6. The van der Waals surface area contributed by atoms with Crippen LogP contribution in [0, 0.1) is 17.0 Å². The molecular weight excluding hydrogens is 317 g/mol. The van der Waals surface area contributed by atoms with Gasteiger partial charge < -0.3 is 5.32 Å². The van der Waals surface area contributed by atoms with E-state index in [2.05, 4.69) is 10.3 Å². The molecule has 0 aliphatic heterocycles. The number of aromatic nitrogens is 1. The average molecular weight is 326 g/mol. The number of rotatable bonds is 3. The summed E-state index contributed by atoms with van der Waals surface area (Å²) in [4.78, 5) is 26.1. The highest BCUT2D eigenvalue weighted by Crippen LogP contribution is 2.27. The number of amides is 1. The summed E-state index contributed by atoms with van der Waals surface area (Å²) < 4.78 is 0. The number of carbonyl (C=O) groups is 1. The highest BCUT2D eigenvalue weighted by molar-refractivity contribution is 6.33. The molecule has 8 heteroatoms. The van der Waals surface area contributed by atoms with Crippen molar-refractivity contribution in [1.82, 2.24) is 4.98 Å². The minimum Gasteiger partial charge on any atom is -0.322 e. The molecule has 0 aliphatic rings. The maximum atomic E-state index is 12.1. The molecule has 0 fully saturated rings. The predicted molar refractivity (Wildman–Crippen MR) is 80.0 cm³/mol. The van der Waals surface area contributed by atoms with Gasteiger partial charge in [-0.25, -0.2) is 4.98 Å². The zero-order valence-electron chi connectivity index (χ0n) is 10.8. The molecule has 2 rings (SSSR count). The van der Waals surface area contributed by atoms with E-state index >= 15 is 0 Å². The summed E-state index contributed by atoms with van der Waals surface area (Å²) in [6.07, 6.45) is 0. The van der Waals surface area contributed by atoms with Crippen LogP contribution in [0.4, 0.5) is 11.4 Å².